The lowest BCUT2D eigenvalue weighted by molar-refractivity contribution is -0.140. The monoisotopic (exact) mass is 450 g/mol. The Kier molecular flexibility index (Phi) is 4.83. The highest BCUT2D eigenvalue weighted by molar-refractivity contribution is 9.11. The van der Waals surface area contributed by atoms with Crippen LogP contribution < -0.4 is 0 Å². The Hall–Kier alpha value is -0.110. The van der Waals surface area contributed by atoms with Crippen LogP contribution in [0.15, 0.2) is 28.1 Å². The Balaban J connectivity index is 2.48. The Morgan fingerprint density at radius 1 is 1.25 bits per heavy atom. The van der Waals surface area contributed by atoms with Crippen molar-refractivity contribution >= 4 is 54.8 Å². The second-order valence-electron chi connectivity index (χ2n) is 3.84. The van der Waals surface area contributed by atoms with Gasteiger partial charge >= 0.3 is 6.18 Å². The lowest BCUT2D eigenvalue weighted by Crippen LogP contribution is -2.10. The molecule has 0 saturated heterocycles. The number of thiophene rings is 1. The van der Waals surface area contributed by atoms with Gasteiger partial charge in [-0.05, 0) is 28.1 Å². The predicted octanol–water partition coefficient (Wildman–Crippen LogP) is 6.81. The largest absolute Gasteiger partial charge is 0.419 e. The molecule has 1 heterocycles. The Bertz CT molecular complexity index is 619. The molecule has 108 valence electrons. The lowest BCUT2D eigenvalue weighted by atomic mass is 10.1. The summed E-state index contributed by atoms with van der Waals surface area (Å²) in [4.78, 5) is -0.0845. The first-order chi connectivity index (χ1) is 9.21. The Labute approximate surface area is 138 Å². The van der Waals surface area contributed by atoms with E-state index in [1.54, 1.807) is 6.07 Å². The van der Waals surface area contributed by atoms with Crippen molar-refractivity contribution in [1.82, 2.24) is 0 Å². The van der Waals surface area contributed by atoms with Gasteiger partial charge in [-0.15, -0.1) is 11.3 Å². The zero-order chi connectivity index (χ0) is 15.1. The maximum Gasteiger partial charge on any atom is 0.419 e. The average Bonchev–Trinajstić information content (AvgIpc) is 2.67. The fraction of sp³-hybridized carbons (Fsp3) is 0.167. The SMILES string of the molecule is Fc1c(C(Br)c2cc(Cl)c(Br)s2)cccc1C(F)(F)F. The molecule has 0 aliphatic heterocycles. The van der Waals surface area contributed by atoms with Gasteiger partial charge in [-0.25, -0.2) is 4.39 Å². The molecule has 0 spiro atoms. The van der Waals surface area contributed by atoms with Crippen LogP contribution in [0, 0.1) is 5.82 Å². The number of hydrogen-bond acceptors (Lipinski definition) is 1. The number of hydrogen-bond donors (Lipinski definition) is 0. The van der Waals surface area contributed by atoms with Crippen molar-refractivity contribution in [3.63, 3.8) is 0 Å². The fourth-order valence-corrected chi connectivity index (χ4v) is 4.12. The van der Waals surface area contributed by atoms with Crippen LogP contribution >= 0.6 is 54.8 Å². The first-order valence-corrected chi connectivity index (χ1v) is 8.06. The van der Waals surface area contributed by atoms with Crippen molar-refractivity contribution in [3.8, 4) is 0 Å². The van der Waals surface area contributed by atoms with E-state index in [1.807, 2.05) is 0 Å². The van der Waals surface area contributed by atoms with Gasteiger partial charge in [-0.3, -0.25) is 0 Å². The van der Waals surface area contributed by atoms with Crippen molar-refractivity contribution in [2.75, 3.05) is 0 Å². The quantitative estimate of drug-likeness (QED) is 0.347. The van der Waals surface area contributed by atoms with Gasteiger partial charge in [-0.2, -0.15) is 13.2 Å². The lowest BCUT2D eigenvalue weighted by Gasteiger charge is -2.14. The topological polar surface area (TPSA) is 0 Å². The van der Waals surface area contributed by atoms with E-state index in [-0.39, 0.29) is 5.56 Å². The number of alkyl halides is 4. The molecule has 0 aliphatic carbocycles. The highest BCUT2D eigenvalue weighted by atomic mass is 79.9. The van der Waals surface area contributed by atoms with E-state index in [2.05, 4.69) is 31.9 Å². The van der Waals surface area contributed by atoms with Crippen LogP contribution in [0.1, 0.15) is 20.8 Å². The predicted molar refractivity (Wildman–Crippen MR) is 79.2 cm³/mol. The molecule has 0 bridgehead atoms. The van der Waals surface area contributed by atoms with Gasteiger partial charge < -0.3 is 0 Å². The van der Waals surface area contributed by atoms with Gasteiger partial charge in [0.2, 0.25) is 0 Å². The highest BCUT2D eigenvalue weighted by Gasteiger charge is 2.35. The summed E-state index contributed by atoms with van der Waals surface area (Å²) in [5.74, 6) is -1.28. The summed E-state index contributed by atoms with van der Waals surface area (Å²) < 4.78 is 52.7. The van der Waals surface area contributed by atoms with Crippen LogP contribution in [0.5, 0.6) is 0 Å². The van der Waals surface area contributed by atoms with E-state index in [9.17, 15) is 17.6 Å². The minimum absolute atomic E-state index is 0.0785. The van der Waals surface area contributed by atoms with Crippen molar-refractivity contribution in [2.45, 2.75) is 11.0 Å². The highest BCUT2D eigenvalue weighted by Crippen LogP contribution is 2.43. The second-order valence-corrected chi connectivity index (χ2v) is 7.56. The van der Waals surface area contributed by atoms with E-state index in [0.717, 1.165) is 6.07 Å². The maximum atomic E-state index is 14.0. The molecule has 8 heteroatoms. The second kappa shape index (κ2) is 5.94. The number of halogens is 7. The van der Waals surface area contributed by atoms with Crippen LogP contribution in [0.3, 0.4) is 0 Å². The van der Waals surface area contributed by atoms with Gasteiger partial charge in [0.15, 0.2) is 0 Å². The molecule has 2 rings (SSSR count). The molecule has 0 saturated carbocycles. The van der Waals surface area contributed by atoms with Crippen molar-refractivity contribution < 1.29 is 17.6 Å². The molecule has 1 atom stereocenters. The molecule has 0 nitrogen and oxygen atoms in total. The molecule has 0 aliphatic rings. The Morgan fingerprint density at radius 3 is 2.40 bits per heavy atom. The summed E-state index contributed by atoms with van der Waals surface area (Å²) in [5, 5.41) is 0.432. The van der Waals surface area contributed by atoms with Crippen molar-refractivity contribution in [3.05, 3.63) is 54.9 Å². The molecule has 20 heavy (non-hydrogen) atoms. The molecule has 0 amide bonds. The molecule has 0 N–H and O–H groups in total. The summed E-state index contributed by atoms with van der Waals surface area (Å²) in [6, 6.07) is 4.79. The fourth-order valence-electron chi connectivity index (χ4n) is 1.61. The van der Waals surface area contributed by atoms with Crippen molar-refractivity contribution in [1.29, 1.82) is 0 Å². The molecular formula is C12H5Br2ClF4S. The Morgan fingerprint density at radius 2 is 1.90 bits per heavy atom. The van der Waals surface area contributed by atoms with Crippen LogP contribution in [0.4, 0.5) is 17.6 Å². The molecular weight excluding hydrogens is 447 g/mol. The molecule has 2 aromatic rings. The first-order valence-electron chi connectivity index (χ1n) is 5.16. The van der Waals surface area contributed by atoms with Gasteiger partial charge in [0, 0.05) is 10.4 Å². The van der Waals surface area contributed by atoms with E-state index >= 15 is 0 Å². The third-order valence-corrected chi connectivity index (χ3v) is 6.35. The minimum atomic E-state index is -4.72. The van der Waals surface area contributed by atoms with Gasteiger partial charge in [0.05, 0.1) is 19.2 Å². The number of benzene rings is 1. The van der Waals surface area contributed by atoms with Gasteiger partial charge in [0.1, 0.15) is 5.82 Å². The number of rotatable bonds is 2. The van der Waals surface area contributed by atoms with Crippen LogP contribution in [-0.2, 0) is 6.18 Å². The standard InChI is InChI=1S/C12H5Br2ClF4S/c13-9(8-4-7(15)11(14)20-8)5-2-1-3-6(10(5)16)12(17,18)19/h1-4,9H. The smallest absolute Gasteiger partial charge is 0.206 e. The third-order valence-electron chi connectivity index (χ3n) is 2.52. The molecule has 0 radical (unpaired) electrons. The molecule has 0 fully saturated rings. The van der Waals surface area contributed by atoms with Gasteiger partial charge in [0.25, 0.3) is 0 Å². The van der Waals surface area contributed by atoms with Gasteiger partial charge in [-0.1, -0.05) is 39.7 Å². The summed E-state index contributed by atoms with van der Waals surface area (Å²) in [6.07, 6.45) is -4.72. The first kappa shape index (κ1) is 16.3. The zero-order valence-electron chi connectivity index (χ0n) is 9.44. The van der Waals surface area contributed by atoms with Crippen molar-refractivity contribution in [2.24, 2.45) is 0 Å². The summed E-state index contributed by atoms with van der Waals surface area (Å²) >= 11 is 13.5. The summed E-state index contributed by atoms with van der Waals surface area (Å²) in [5.41, 5.74) is -1.36. The van der Waals surface area contributed by atoms with Crippen LogP contribution in [-0.4, -0.2) is 0 Å². The van der Waals surface area contributed by atoms with E-state index in [0.29, 0.717) is 13.7 Å². The zero-order valence-corrected chi connectivity index (χ0v) is 14.2. The van der Waals surface area contributed by atoms with Crippen LogP contribution in [0.25, 0.3) is 0 Å². The molecule has 1 aromatic heterocycles. The van der Waals surface area contributed by atoms with Crippen LogP contribution in [0.2, 0.25) is 5.02 Å². The van der Waals surface area contributed by atoms with E-state index in [4.69, 9.17) is 11.6 Å². The maximum absolute atomic E-state index is 14.0. The molecule has 1 unspecified atom stereocenters. The van der Waals surface area contributed by atoms with E-state index < -0.39 is 22.4 Å². The molecule has 1 aromatic carbocycles. The minimum Gasteiger partial charge on any atom is -0.206 e. The summed E-state index contributed by atoms with van der Waals surface area (Å²) in [6.45, 7) is 0. The normalized spacial score (nSPS) is 13.6. The average molecular weight is 452 g/mol. The van der Waals surface area contributed by atoms with E-state index in [1.165, 1.54) is 23.5 Å². The summed E-state index contributed by atoms with van der Waals surface area (Å²) in [7, 11) is 0. The third kappa shape index (κ3) is 3.21.